The van der Waals surface area contributed by atoms with Gasteiger partial charge in [-0.25, -0.2) is 22.9 Å². The van der Waals surface area contributed by atoms with Gasteiger partial charge in [-0.1, -0.05) is 37.3 Å². The molecule has 1 aromatic heterocycles. The Hall–Kier alpha value is -3.41. The summed E-state index contributed by atoms with van der Waals surface area (Å²) in [6.07, 6.45) is 1.74. The van der Waals surface area contributed by atoms with Gasteiger partial charge in [0.2, 0.25) is 0 Å². The average molecular weight is 600 g/mol. The fourth-order valence-electron chi connectivity index (χ4n) is 6.09. The lowest BCUT2D eigenvalue weighted by molar-refractivity contribution is -0.0284. The molecule has 4 atom stereocenters. The van der Waals surface area contributed by atoms with Gasteiger partial charge in [0, 0.05) is 57.1 Å². The lowest BCUT2D eigenvalue weighted by Gasteiger charge is -2.46. The summed E-state index contributed by atoms with van der Waals surface area (Å²) < 4.78 is 52.0. The predicted octanol–water partition coefficient (Wildman–Crippen LogP) is 4.68. The Labute approximate surface area is 250 Å². The summed E-state index contributed by atoms with van der Waals surface area (Å²) in [7, 11) is 0. The highest BCUT2D eigenvalue weighted by molar-refractivity contribution is 5.75. The standard InChI is InChI=1S/C32H40F3N5O3/c1-21(20-41)37-31(42)40(18-23-15-36-16-27(23)35)29(32(2)10-12-43-13-11-32)30-38-28(25-14-24(33)8-9-26(25)34)19-39(30)17-22-6-4-3-5-7-22/h3-9,14,19,21,23,27,29,36,41H,10-13,15-18,20H2,1-2H3,(H,37,42). The molecule has 2 fully saturated rings. The largest absolute Gasteiger partial charge is 0.394 e. The van der Waals surface area contributed by atoms with E-state index in [1.807, 2.05) is 34.9 Å². The SMILES string of the molecule is CC(CO)NC(=O)N(CC1CNCC1F)C(c1nc(-c2cc(F)ccc2F)cn1Cc1ccccc1)C1(C)CCOCC1. The van der Waals surface area contributed by atoms with Gasteiger partial charge in [-0.2, -0.15) is 0 Å². The van der Waals surface area contributed by atoms with Gasteiger partial charge >= 0.3 is 6.03 Å². The molecule has 2 amide bonds. The van der Waals surface area contributed by atoms with Crippen molar-refractivity contribution in [1.82, 2.24) is 25.1 Å². The molecular weight excluding hydrogens is 559 g/mol. The molecule has 2 aromatic carbocycles. The van der Waals surface area contributed by atoms with E-state index in [4.69, 9.17) is 9.72 Å². The van der Waals surface area contributed by atoms with Crippen LogP contribution >= 0.6 is 0 Å². The van der Waals surface area contributed by atoms with E-state index < -0.39 is 47.3 Å². The molecule has 3 aromatic rings. The Morgan fingerprint density at radius 3 is 2.63 bits per heavy atom. The Morgan fingerprint density at radius 2 is 1.95 bits per heavy atom. The van der Waals surface area contributed by atoms with Gasteiger partial charge in [0.25, 0.3) is 0 Å². The zero-order chi connectivity index (χ0) is 30.6. The van der Waals surface area contributed by atoms with Gasteiger partial charge in [0.1, 0.15) is 23.6 Å². The van der Waals surface area contributed by atoms with Crippen LogP contribution in [0.25, 0.3) is 11.3 Å². The van der Waals surface area contributed by atoms with Crippen LogP contribution in [0.4, 0.5) is 18.0 Å². The van der Waals surface area contributed by atoms with E-state index in [1.54, 1.807) is 18.0 Å². The fraction of sp³-hybridized carbons (Fsp3) is 0.500. The maximum absolute atomic E-state index is 15.1. The number of amides is 2. The minimum atomic E-state index is -1.14. The second kappa shape index (κ2) is 13.5. The summed E-state index contributed by atoms with van der Waals surface area (Å²) in [5, 5.41) is 15.7. The number of aromatic nitrogens is 2. The molecule has 0 aliphatic carbocycles. The molecule has 0 bridgehead atoms. The lowest BCUT2D eigenvalue weighted by Crippen LogP contribution is -2.54. The van der Waals surface area contributed by atoms with Crippen molar-refractivity contribution in [2.75, 3.05) is 39.5 Å². The number of imidazole rings is 1. The van der Waals surface area contributed by atoms with Crippen LogP contribution in [-0.4, -0.2) is 77.3 Å². The van der Waals surface area contributed by atoms with E-state index >= 15 is 8.78 Å². The van der Waals surface area contributed by atoms with Crippen LogP contribution in [0.15, 0.2) is 54.7 Å². The van der Waals surface area contributed by atoms with Crippen LogP contribution < -0.4 is 10.6 Å². The number of alkyl halides is 1. The molecule has 11 heteroatoms. The number of hydrogen-bond donors (Lipinski definition) is 3. The molecular formula is C32H40F3N5O3. The van der Waals surface area contributed by atoms with Crippen LogP contribution in [0.5, 0.6) is 0 Å². The van der Waals surface area contributed by atoms with E-state index in [9.17, 15) is 14.3 Å². The molecule has 0 spiro atoms. The van der Waals surface area contributed by atoms with E-state index in [-0.39, 0.29) is 31.0 Å². The topological polar surface area (TPSA) is 91.6 Å². The number of carbonyl (C=O) groups excluding carboxylic acids is 1. The van der Waals surface area contributed by atoms with Crippen molar-refractivity contribution in [2.24, 2.45) is 11.3 Å². The maximum atomic E-state index is 15.1. The van der Waals surface area contributed by atoms with Crippen LogP contribution in [0.2, 0.25) is 0 Å². The van der Waals surface area contributed by atoms with Gasteiger partial charge in [0.05, 0.1) is 24.4 Å². The highest BCUT2D eigenvalue weighted by Crippen LogP contribution is 2.47. The molecule has 3 heterocycles. The van der Waals surface area contributed by atoms with Crippen LogP contribution in [0.3, 0.4) is 0 Å². The van der Waals surface area contributed by atoms with Crippen molar-refractivity contribution in [3.8, 4) is 11.3 Å². The number of ether oxygens (including phenoxy) is 1. The second-order valence-electron chi connectivity index (χ2n) is 12.0. The predicted molar refractivity (Wildman–Crippen MR) is 157 cm³/mol. The van der Waals surface area contributed by atoms with Crippen molar-refractivity contribution in [1.29, 1.82) is 0 Å². The zero-order valence-electron chi connectivity index (χ0n) is 24.6. The number of carbonyl (C=O) groups is 1. The number of rotatable bonds is 10. The van der Waals surface area contributed by atoms with Crippen molar-refractivity contribution < 1.29 is 27.8 Å². The van der Waals surface area contributed by atoms with Crippen molar-refractivity contribution in [2.45, 2.75) is 51.5 Å². The molecule has 2 saturated heterocycles. The zero-order valence-corrected chi connectivity index (χ0v) is 24.6. The summed E-state index contributed by atoms with van der Waals surface area (Å²) >= 11 is 0. The molecule has 2 aliphatic rings. The average Bonchev–Trinajstić information content (AvgIpc) is 3.60. The van der Waals surface area contributed by atoms with E-state index in [1.165, 1.54) is 0 Å². The summed E-state index contributed by atoms with van der Waals surface area (Å²) in [5.74, 6) is -1.18. The minimum Gasteiger partial charge on any atom is -0.394 e. The molecule has 43 heavy (non-hydrogen) atoms. The fourth-order valence-corrected chi connectivity index (χ4v) is 6.09. The van der Waals surface area contributed by atoms with Crippen molar-refractivity contribution >= 4 is 6.03 Å². The number of benzene rings is 2. The Bertz CT molecular complexity index is 1380. The third-order valence-electron chi connectivity index (χ3n) is 8.65. The monoisotopic (exact) mass is 599 g/mol. The van der Waals surface area contributed by atoms with Gasteiger partial charge in [0.15, 0.2) is 0 Å². The summed E-state index contributed by atoms with van der Waals surface area (Å²) in [6, 6.07) is 11.2. The number of halogens is 3. The first-order chi connectivity index (χ1) is 20.7. The number of nitrogens with one attached hydrogen (secondary N) is 2. The van der Waals surface area contributed by atoms with E-state index in [0.717, 1.165) is 23.8 Å². The number of aliphatic hydroxyl groups excluding tert-OH is 1. The van der Waals surface area contributed by atoms with Crippen LogP contribution in [-0.2, 0) is 11.3 Å². The molecule has 232 valence electrons. The first kappa shape index (κ1) is 31.0. The lowest BCUT2D eigenvalue weighted by atomic mass is 9.74. The maximum Gasteiger partial charge on any atom is 0.318 e. The minimum absolute atomic E-state index is 0.0117. The normalized spacial score (nSPS) is 21.3. The highest BCUT2D eigenvalue weighted by Gasteiger charge is 2.46. The molecule has 0 radical (unpaired) electrons. The number of aliphatic hydroxyl groups is 1. The summed E-state index contributed by atoms with van der Waals surface area (Å²) in [6.45, 7) is 5.51. The van der Waals surface area contributed by atoms with E-state index in [2.05, 4.69) is 17.6 Å². The second-order valence-corrected chi connectivity index (χ2v) is 12.0. The molecule has 3 N–H and O–H groups in total. The molecule has 4 unspecified atom stereocenters. The van der Waals surface area contributed by atoms with E-state index in [0.29, 0.717) is 45.0 Å². The van der Waals surface area contributed by atoms with Crippen LogP contribution in [0, 0.1) is 23.0 Å². The number of urea groups is 1. The first-order valence-electron chi connectivity index (χ1n) is 14.9. The Balaban J connectivity index is 1.68. The van der Waals surface area contributed by atoms with Crippen molar-refractivity contribution in [3.63, 3.8) is 0 Å². The smallest absolute Gasteiger partial charge is 0.318 e. The highest BCUT2D eigenvalue weighted by atomic mass is 19.1. The number of nitrogens with zero attached hydrogens (tertiary/aromatic N) is 3. The summed E-state index contributed by atoms with van der Waals surface area (Å²) in [4.78, 5) is 20.6. The van der Waals surface area contributed by atoms with Crippen LogP contribution in [0.1, 0.15) is 44.1 Å². The Kier molecular flexibility index (Phi) is 9.73. The molecule has 0 saturated carbocycles. The van der Waals surface area contributed by atoms with Crippen molar-refractivity contribution in [3.05, 3.63) is 77.8 Å². The molecule has 8 nitrogen and oxygen atoms in total. The van der Waals surface area contributed by atoms with Gasteiger partial charge in [-0.15, -0.1) is 0 Å². The first-order valence-corrected chi connectivity index (χ1v) is 14.9. The molecule has 2 aliphatic heterocycles. The van der Waals surface area contributed by atoms with Gasteiger partial charge < -0.3 is 29.9 Å². The number of hydrogen-bond acceptors (Lipinski definition) is 5. The molecule has 5 rings (SSSR count). The quantitative estimate of drug-likeness (QED) is 0.315. The Morgan fingerprint density at radius 1 is 1.21 bits per heavy atom. The van der Waals surface area contributed by atoms with Gasteiger partial charge in [-0.3, -0.25) is 0 Å². The van der Waals surface area contributed by atoms with Gasteiger partial charge in [-0.05, 0) is 48.9 Å². The third-order valence-corrected chi connectivity index (χ3v) is 8.65. The summed E-state index contributed by atoms with van der Waals surface area (Å²) in [5.41, 5.74) is 0.654. The third kappa shape index (κ3) is 7.05.